The number of allylic oxidation sites excluding steroid dienone is 2. The van der Waals surface area contributed by atoms with Crippen molar-refractivity contribution in [2.75, 3.05) is 0 Å². The molecule has 5 nitrogen and oxygen atoms in total. The standard InChI is InChI=1S/C12H13N3O2/c16-11-9-3-1-2-4-10(9)12(17)15(11)7-8-5-13-14-6-8/h1-2,5-6,9-10H,3-4,7H2,(H,13,14). The molecule has 0 radical (unpaired) electrons. The molecule has 1 aromatic rings. The van der Waals surface area contributed by atoms with Crippen LogP contribution < -0.4 is 0 Å². The van der Waals surface area contributed by atoms with Gasteiger partial charge in [0, 0.05) is 11.8 Å². The van der Waals surface area contributed by atoms with Gasteiger partial charge in [-0.2, -0.15) is 5.10 Å². The number of nitrogens with one attached hydrogen (secondary N) is 1. The summed E-state index contributed by atoms with van der Waals surface area (Å²) < 4.78 is 0. The molecule has 1 aliphatic carbocycles. The number of carbonyl (C=O) groups is 2. The minimum Gasteiger partial charge on any atom is -0.285 e. The van der Waals surface area contributed by atoms with Crippen LogP contribution >= 0.6 is 0 Å². The zero-order valence-electron chi connectivity index (χ0n) is 9.30. The van der Waals surface area contributed by atoms with Crippen LogP contribution in [0.3, 0.4) is 0 Å². The first-order valence-corrected chi connectivity index (χ1v) is 5.75. The Morgan fingerprint density at radius 1 is 1.24 bits per heavy atom. The van der Waals surface area contributed by atoms with Gasteiger partial charge < -0.3 is 0 Å². The van der Waals surface area contributed by atoms with Crippen LogP contribution in [0.4, 0.5) is 0 Å². The van der Waals surface area contributed by atoms with Crippen molar-refractivity contribution in [1.82, 2.24) is 15.1 Å². The van der Waals surface area contributed by atoms with Crippen LogP contribution in [0.2, 0.25) is 0 Å². The van der Waals surface area contributed by atoms with Gasteiger partial charge in [-0.3, -0.25) is 19.6 Å². The van der Waals surface area contributed by atoms with Gasteiger partial charge in [0.15, 0.2) is 0 Å². The molecule has 2 aliphatic rings. The smallest absolute Gasteiger partial charge is 0.233 e. The van der Waals surface area contributed by atoms with Gasteiger partial charge in [0.05, 0.1) is 24.6 Å². The quantitative estimate of drug-likeness (QED) is 0.606. The summed E-state index contributed by atoms with van der Waals surface area (Å²) in [5, 5.41) is 6.50. The summed E-state index contributed by atoms with van der Waals surface area (Å²) in [5.41, 5.74) is 0.860. The number of aromatic amines is 1. The monoisotopic (exact) mass is 231 g/mol. The second kappa shape index (κ2) is 3.84. The molecule has 0 spiro atoms. The fourth-order valence-electron chi connectivity index (χ4n) is 2.57. The molecular formula is C12H13N3O2. The van der Waals surface area contributed by atoms with Crippen LogP contribution in [-0.2, 0) is 16.1 Å². The van der Waals surface area contributed by atoms with Crippen molar-refractivity contribution in [2.24, 2.45) is 11.8 Å². The molecule has 1 N–H and O–H groups in total. The van der Waals surface area contributed by atoms with E-state index in [0.717, 1.165) is 5.56 Å². The van der Waals surface area contributed by atoms with Crippen LogP contribution in [0.5, 0.6) is 0 Å². The SMILES string of the molecule is O=C1C2CC=CCC2C(=O)N1Cc1cn[nH]c1. The Morgan fingerprint density at radius 3 is 2.41 bits per heavy atom. The molecular weight excluding hydrogens is 218 g/mol. The number of rotatable bonds is 2. The molecule has 2 atom stereocenters. The molecule has 17 heavy (non-hydrogen) atoms. The van der Waals surface area contributed by atoms with Gasteiger partial charge in [-0.15, -0.1) is 0 Å². The molecule has 1 aliphatic heterocycles. The van der Waals surface area contributed by atoms with E-state index in [-0.39, 0.29) is 23.7 Å². The predicted molar refractivity (Wildman–Crippen MR) is 59.5 cm³/mol. The maximum atomic E-state index is 12.1. The van der Waals surface area contributed by atoms with Gasteiger partial charge in [0.2, 0.25) is 11.8 Å². The minimum absolute atomic E-state index is 0.0365. The molecule has 1 aromatic heterocycles. The molecule has 5 heteroatoms. The van der Waals surface area contributed by atoms with E-state index in [1.807, 2.05) is 12.2 Å². The van der Waals surface area contributed by atoms with E-state index in [9.17, 15) is 9.59 Å². The van der Waals surface area contributed by atoms with Crippen molar-refractivity contribution in [1.29, 1.82) is 0 Å². The summed E-state index contributed by atoms with van der Waals surface area (Å²) in [6.45, 7) is 0.334. The largest absolute Gasteiger partial charge is 0.285 e. The molecule has 0 aromatic carbocycles. The van der Waals surface area contributed by atoms with Crippen molar-refractivity contribution in [2.45, 2.75) is 19.4 Å². The average molecular weight is 231 g/mol. The molecule has 2 amide bonds. The maximum Gasteiger partial charge on any atom is 0.233 e. The number of imide groups is 1. The summed E-state index contributed by atoms with van der Waals surface area (Å²) in [5.74, 6) is -0.352. The summed E-state index contributed by atoms with van der Waals surface area (Å²) in [6, 6.07) is 0. The fourth-order valence-corrected chi connectivity index (χ4v) is 2.57. The van der Waals surface area contributed by atoms with E-state index in [4.69, 9.17) is 0 Å². The van der Waals surface area contributed by atoms with Gasteiger partial charge in [0.25, 0.3) is 0 Å². The first-order chi connectivity index (χ1) is 8.27. The van der Waals surface area contributed by atoms with Crippen LogP contribution in [0.15, 0.2) is 24.5 Å². The van der Waals surface area contributed by atoms with E-state index in [2.05, 4.69) is 10.2 Å². The Kier molecular flexibility index (Phi) is 2.31. The molecule has 3 rings (SSSR count). The molecule has 0 saturated carbocycles. The van der Waals surface area contributed by atoms with Gasteiger partial charge in [0.1, 0.15) is 0 Å². The summed E-state index contributed by atoms with van der Waals surface area (Å²) in [4.78, 5) is 25.6. The normalized spacial score (nSPS) is 27.6. The highest BCUT2D eigenvalue weighted by Crippen LogP contribution is 2.35. The molecule has 1 fully saturated rings. The van der Waals surface area contributed by atoms with Crippen molar-refractivity contribution in [3.63, 3.8) is 0 Å². The van der Waals surface area contributed by atoms with E-state index in [0.29, 0.717) is 19.4 Å². The first-order valence-electron chi connectivity index (χ1n) is 5.75. The Morgan fingerprint density at radius 2 is 1.88 bits per heavy atom. The second-order valence-corrected chi connectivity index (χ2v) is 4.52. The van der Waals surface area contributed by atoms with Crippen LogP contribution in [-0.4, -0.2) is 26.9 Å². The number of hydrogen-bond donors (Lipinski definition) is 1. The third-order valence-corrected chi connectivity index (χ3v) is 3.49. The van der Waals surface area contributed by atoms with Crippen LogP contribution in [0.25, 0.3) is 0 Å². The fraction of sp³-hybridized carbons (Fsp3) is 0.417. The van der Waals surface area contributed by atoms with E-state index in [1.165, 1.54) is 4.90 Å². The molecule has 0 bridgehead atoms. The highest BCUT2D eigenvalue weighted by Gasteiger charge is 2.46. The first kappa shape index (κ1) is 10.3. The highest BCUT2D eigenvalue weighted by molar-refractivity contribution is 6.05. The third kappa shape index (κ3) is 1.58. The predicted octanol–water partition coefficient (Wildman–Crippen LogP) is 0.861. The minimum atomic E-state index is -0.139. The lowest BCUT2D eigenvalue weighted by Gasteiger charge is -2.14. The number of likely N-dealkylation sites (tertiary alicyclic amines) is 1. The van der Waals surface area contributed by atoms with Gasteiger partial charge in [-0.25, -0.2) is 0 Å². The van der Waals surface area contributed by atoms with Crippen molar-refractivity contribution >= 4 is 11.8 Å². The van der Waals surface area contributed by atoms with Crippen LogP contribution in [0, 0.1) is 11.8 Å². The lowest BCUT2D eigenvalue weighted by Crippen LogP contribution is -2.30. The number of amides is 2. The maximum absolute atomic E-state index is 12.1. The number of nitrogens with zero attached hydrogens (tertiary/aromatic N) is 2. The second-order valence-electron chi connectivity index (χ2n) is 4.52. The Bertz CT molecular complexity index is 452. The number of fused-ring (bicyclic) bond motifs is 1. The third-order valence-electron chi connectivity index (χ3n) is 3.49. The Hall–Kier alpha value is -1.91. The molecule has 2 unspecified atom stereocenters. The van der Waals surface area contributed by atoms with Gasteiger partial charge in [-0.05, 0) is 12.8 Å². The lowest BCUT2D eigenvalue weighted by atomic mass is 9.85. The Labute approximate surface area is 98.5 Å². The lowest BCUT2D eigenvalue weighted by molar-refractivity contribution is -0.140. The summed E-state index contributed by atoms with van der Waals surface area (Å²) in [6.07, 6.45) is 8.72. The zero-order chi connectivity index (χ0) is 11.8. The summed E-state index contributed by atoms with van der Waals surface area (Å²) >= 11 is 0. The number of hydrogen-bond acceptors (Lipinski definition) is 3. The topological polar surface area (TPSA) is 66.1 Å². The number of carbonyl (C=O) groups excluding carboxylic acids is 2. The Balaban J connectivity index is 1.82. The summed E-state index contributed by atoms with van der Waals surface area (Å²) in [7, 11) is 0. The van der Waals surface area contributed by atoms with Crippen molar-refractivity contribution in [3.8, 4) is 0 Å². The van der Waals surface area contributed by atoms with E-state index >= 15 is 0 Å². The molecule has 2 heterocycles. The van der Waals surface area contributed by atoms with E-state index < -0.39 is 0 Å². The molecule has 1 saturated heterocycles. The van der Waals surface area contributed by atoms with Gasteiger partial charge >= 0.3 is 0 Å². The number of aromatic nitrogens is 2. The highest BCUT2D eigenvalue weighted by atomic mass is 16.2. The average Bonchev–Trinajstić information content (AvgIpc) is 2.94. The zero-order valence-corrected chi connectivity index (χ0v) is 9.30. The number of H-pyrrole nitrogens is 1. The van der Waals surface area contributed by atoms with E-state index in [1.54, 1.807) is 12.4 Å². The molecule has 88 valence electrons. The van der Waals surface area contributed by atoms with Crippen molar-refractivity contribution in [3.05, 3.63) is 30.1 Å². The van der Waals surface area contributed by atoms with Gasteiger partial charge in [-0.1, -0.05) is 12.2 Å². The van der Waals surface area contributed by atoms with Crippen LogP contribution in [0.1, 0.15) is 18.4 Å². The van der Waals surface area contributed by atoms with Crippen molar-refractivity contribution < 1.29 is 9.59 Å².